The fraction of sp³-hybridized carbons (Fsp3) is 0.286. The molecule has 86 valence electrons. The SMILES string of the molecule is Cc1cc(C)cc(-n2ncc(CC#N)c2C)c1. The van der Waals surface area contributed by atoms with E-state index < -0.39 is 0 Å². The van der Waals surface area contributed by atoms with Gasteiger partial charge < -0.3 is 0 Å². The zero-order valence-corrected chi connectivity index (χ0v) is 10.4. The van der Waals surface area contributed by atoms with Crippen LogP contribution in [0.4, 0.5) is 0 Å². The molecule has 0 bridgehead atoms. The lowest BCUT2D eigenvalue weighted by Crippen LogP contribution is -2.00. The van der Waals surface area contributed by atoms with Crippen LogP contribution in [0.1, 0.15) is 22.4 Å². The molecule has 0 radical (unpaired) electrons. The molecule has 1 aromatic heterocycles. The summed E-state index contributed by atoms with van der Waals surface area (Å²) in [6, 6.07) is 8.50. The van der Waals surface area contributed by atoms with E-state index in [1.54, 1.807) is 6.20 Å². The Morgan fingerprint density at radius 1 is 1.18 bits per heavy atom. The third kappa shape index (κ3) is 2.21. The Kier molecular flexibility index (Phi) is 2.97. The van der Waals surface area contributed by atoms with E-state index >= 15 is 0 Å². The van der Waals surface area contributed by atoms with Crippen molar-refractivity contribution in [1.82, 2.24) is 9.78 Å². The molecule has 0 aliphatic heterocycles. The second kappa shape index (κ2) is 4.42. The Balaban J connectivity index is 2.50. The lowest BCUT2D eigenvalue weighted by atomic mass is 10.1. The van der Waals surface area contributed by atoms with Gasteiger partial charge in [0.1, 0.15) is 0 Å². The van der Waals surface area contributed by atoms with E-state index in [0.29, 0.717) is 6.42 Å². The first kappa shape index (κ1) is 11.4. The molecule has 3 heteroatoms. The van der Waals surface area contributed by atoms with Gasteiger partial charge in [0.15, 0.2) is 0 Å². The Morgan fingerprint density at radius 2 is 1.82 bits per heavy atom. The van der Waals surface area contributed by atoms with Crippen molar-refractivity contribution in [2.45, 2.75) is 27.2 Å². The first-order valence-electron chi connectivity index (χ1n) is 5.61. The number of nitrogens with zero attached hydrogens (tertiary/aromatic N) is 3. The molecule has 0 aliphatic carbocycles. The molecule has 0 fully saturated rings. The maximum atomic E-state index is 8.73. The standard InChI is InChI=1S/C14H15N3/c1-10-6-11(2)8-14(7-10)17-12(3)13(4-5-15)9-16-17/h6-9H,4H2,1-3H3. The number of hydrogen-bond acceptors (Lipinski definition) is 2. The van der Waals surface area contributed by atoms with Gasteiger partial charge >= 0.3 is 0 Å². The highest BCUT2D eigenvalue weighted by Gasteiger charge is 2.08. The summed E-state index contributed by atoms with van der Waals surface area (Å²) in [5.74, 6) is 0. The van der Waals surface area contributed by atoms with E-state index in [4.69, 9.17) is 5.26 Å². The second-order valence-corrected chi connectivity index (χ2v) is 4.35. The third-order valence-electron chi connectivity index (χ3n) is 2.83. The van der Waals surface area contributed by atoms with Crippen LogP contribution in [0.5, 0.6) is 0 Å². The summed E-state index contributed by atoms with van der Waals surface area (Å²) in [4.78, 5) is 0. The minimum Gasteiger partial charge on any atom is -0.238 e. The molecule has 0 unspecified atom stereocenters. The molecular weight excluding hydrogens is 210 g/mol. The molecule has 1 aromatic carbocycles. The molecule has 0 N–H and O–H groups in total. The molecule has 0 saturated heterocycles. The third-order valence-corrected chi connectivity index (χ3v) is 2.83. The van der Waals surface area contributed by atoms with Gasteiger partial charge in [0.05, 0.1) is 24.4 Å². The molecule has 0 saturated carbocycles. The predicted molar refractivity (Wildman–Crippen MR) is 67.1 cm³/mol. The molecule has 0 atom stereocenters. The molecule has 0 amide bonds. The van der Waals surface area contributed by atoms with E-state index in [1.807, 2.05) is 11.6 Å². The second-order valence-electron chi connectivity index (χ2n) is 4.35. The summed E-state index contributed by atoms with van der Waals surface area (Å²) in [5.41, 5.74) is 5.53. The van der Waals surface area contributed by atoms with Crippen LogP contribution < -0.4 is 0 Å². The van der Waals surface area contributed by atoms with Crippen molar-refractivity contribution in [3.05, 3.63) is 46.8 Å². The highest BCUT2D eigenvalue weighted by Crippen LogP contribution is 2.17. The van der Waals surface area contributed by atoms with Gasteiger partial charge in [0, 0.05) is 11.3 Å². The van der Waals surface area contributed by atoms with Gasteiger partial charge in [0.2, 0.25) is 0 Å². The monoisotopic (exact) mass is 225 g/mol. The van der Waals surface area contributed by atoms with Crippen molar-refractivity contribution in [3.8, 4) is 11.8 Å². The first-order chi connectivity index (χ1) is 8.11. The smallest absolute Gasteiger partial charge is 0.0671 e. The van der Waals surface area contributed by atoms with Crippen LogP contribution in [0.15, 0.2) is 24.4 Å². The lowest BCUT2D eigenvalue weighted by molar-refractivity contribution is 0.842. The topological polar surface area (TPSA) is 41.6 Å². The number of rotatable bonds is 2. The molecule has 17 heavy (non-hydrogen) atoms. The number of benzene rings is 1. The zero-order chi connectivity index (χ0) is 12.4. The van der Waals surface area contributed by atoms with Crippen molar-refractivity contribution >= 4 is 0 Å². The minimum absolute atomic E-state index is 0.413. The molecule has 0 aliphatic rings. The average molecular weight is 225 g/mol. The van der Waals surface area contributed by atoms with Crippen LogP contribution in [0.25, 0.3) is 5.69 Å². The normalized spacial score (nSPS) is 10.2. The van der Waals surface area contributed by atoms with E-state index in [2.05, 4.69) is 43.2 Å². The Labute approximate surface area is 101 Å². The van der Waals surface area contributed by atoms with Gasteiger partial charge in [-0.25, -0.2) is 4.68 Å². The Bertz CT molecular complexity index is 568. The van der Waals surface area contributed by atoms with Crippen molar-refractivity contribution in [3.63, 3.8) is 0 Å². The maximum absolute atomic E-state index is 8.73. The van der Waals surface area contributed by atoms with Crippen LogP contribution in [0.3, 0.4) is 0 Å². The molecule has 2 aromatic rings. The molecule has 0 spiro atoms. The highest BCUT2D eigenvalue weighted by atomic mass is 15.3. The zero-order valence-electron chi connectivity index (χ0n) is 10.4. The van der Waals surface area contributed by atoms with Crippen molar-refractivity contribution in [2.24, 2.45) is 0 Å². The van der Waals surface area contributed by atoms with Gasteiger partial charge in [-0.2, -0.15) is 10.4 Å². The van der Waals surface area contributed by atoms with Gasteiger partial charge in [-0.1, -0.05) is 6.07 Å². The number of nitriles is 1. The fourth-order valence-corrected chi connectivity index (χ4v) is 2.04. The molecule has 3 nitrogen and oxygen atoms in total. The predicted octanol–water partition coefficient (Wildman–Crippen LogP) is 2.86. The number of aromatic nitrogens is 2. The van der Waals surface area contributed by atoms with Crippen LogP contribution in [-0.4, -0.2) is 9.78 Å². The molecule has 1 heterocycles. The van der Waals surface area contributed by atoms with Crippen molar-refractivity contribution in [1.29, 1.82) is 5.26 Å². The fourth-order valence-electron chi connectivity index (χ4n) is 2.04. The maximum Gasteiger partial charge on any atom is 0.0671 e. The quantitative estimate of drug-likeness (QED) is 0.788. The van der Waals surface area contributed by atoms with Crippen molar-refractivity contribution in [2.75, 3.05) is 0 Å². The summed E-state index contributed by atoms with van der Waals surface area (Å²) >= 11 is 0. The number of hydrogen-bond donors (Lipinski definition) is 0. The van der Waals surface area contributed by atoms with Crippen molar-refractivity contribution < 1.29 is 0 Å². The van der Waals surface area contributed by atoms with Crippen LogP contribution in [0, 0.1) is 32.1 Å². The summed E-state index contributed by atoms with van der Waals surface area (Å²) < 4.78 is 1.90. The largest absolute Gasteiger partial charge is 0.238 e. The molecular formula is C14H15N3. The van der Waals surface area contributed by atoms with E-state index in [9.17, 15) is 0 Å². The van der Waals surface area contributed by atoms with Crippen LogP contribution >= 0.6 is 0 Å². The Morgan fingerprint density at radius 3 is 2.41 bits per heavy atom. The minimum atomic E-state index is 0.413. The summed E-state index contributed by atoms with van der Waals surface area (Å²) in [6.45, 7) is 6.15. The van der Waals surface area contributed by atoms with Crippen LogP contribution in [-0.2, 0) is 6.42 Å². The average Bonchev–Trinajstić information content (AvgIpc) is 2.60. The van der Waals surface area contributed by atoms with Gasteiger partial charge in [-0.3, -0.25) is 0 Å². The van der Waals surface area contributed by atoms with Crippen LogP contribution in [0.2, 0.25) is 0 Å². The van der Waals surface area contributed by atoms with Gasteiger partial charge in [0.25, 0.3) is 0 Å². The van der Waals surface area contributed by atoms with E-state index in [1.165, 1.54) is 11.1 Å². The number of aryl methyl sites for hydroxylation is 2. The Hall–Kier alpha value is -2.08. The lowest BCUT2D eigenvalue weighted by Gasteiger charge is -2.07. The summed E-state index contributed by atoms with van der Waals surface area (Å²) in [7, 11) is 0. The summed E-state index contributed by atoms with van der Waals surface area (Å²) in [6.07, 6.45) is 2.19. The van der Waals surface area contributed by atoms with Gasteiger partial charge in [-0.15, -0.1) is 0 Å². The highest BCUT2D eigenvalue weighted by molar-refractivity contribution is 5.41. The van der Waals surface area contributed by atoms with E-state index in [-0.39, 0.29) is 0 Å². The van der Waals surface area contributed by atoms with E-state index in [0.717, 1.165) is 16.9 Å². The van der Waals surface area contributed by atoms with Gasteiger partial charge in [-0.05, 0) is 44.0 Å². The molecule has 2 rings (SSSR count). The summed E-state index contributed by atoms with van der Waals surface area (Å²) in [5, 5.41) is 13.1. The first-order valence-corrected chi connectivity index (χ1v) is 5.61.